The zero-order chi connectivity index (χ0) is 8.84. The molecule has 1 aliphatic heterocycles. The number of rotatable bonds is 1. The zero-order valence-corrected chi connectivity index (χ0v) is 7.62. The van der Waals surface area contributed by atoms with E-state index in [4.69, 9.17) is 9.47 Å². The Morgan fingerprint density at radius 1 is 1.23 bits per heavy atom. The molecular formula is C11H12O2. The summed E-state index contributed by atoms with van der Waals surface area (Å²) in [5, 5.41) is 0. The van der Waals surface area contributed by atoms with E-state index in [2.05, 4.69) is 6.07 Å². The predicted molar refractivity (Wildman–Crippen MR) is 49.1 cm³/mol. The molecule has 1 heterocycles. The SMILES string of the molecule is CC1Oc2cccc(C3CC3)c2O1. The summed E-state index contributed by atoms with van der Waals surface area (Å²) in [6.45, 7) is 1.93. The van der Waals surface area contributed by atoms with Crippen molar-refractivity contribution in [1.29, 1.82) is 0 Å². The summed E-state index contributed by atoms with van der Waals surface area (Å²) in [4.78, 5) is 0. The van der Waals surface area contributed by atoms with Gasteiger partial charge in [-0.25, -0.2) is 0 Å². The quantitative estimate of drug-likeness (QED) is 0.655. The van der Waals surface area contributed by atoms with Gasteiger partial charge in [0.2, 0.25) is 6.29 Å². The summed E-state index contributed by atoms with van der Waals surface area (Å²) in [5.74, 6) is 2.62. The Labute approximate surface area is 77.5 Å². The predicted octanol–water partition coefficient (Wildman–Crippen LogP) is 2.68. The standard InChI is InChI=1S/C11H12O2/c1-7-12-10-4-2-3-9(8-5-6-8)11(10)13-7/h2-4,7-8H,5-6H2,1H3. The van der Waals surface area contributed by atoms with Crippen LogP contribution in [-0.2, 0) is 0 Å². The van der Waals surface area contributed by atoms with Gasteiger partial charge >= 0.3 is 0 Å². The molecule has 0 radical (unpaired) electrons. The minimum absolute atomic E-state index is 0.116. The third-order valence-electron chi connectivity index (χ3n) is 2.60. The molecule has 68 valence electrons. The van der Waals surface area contributed by atoms with Crippen LogP contribution in [0.5, 0.6) is 11.5 Å². The third kappa shape index (κ3) is 1.09. The summed E-state index contributed by atoms with van der Waals surface area (Å²) in [6.07, 6.45) is 2.48. The van der Waals surface area contributed by atoms with Gasteiger partial charge in [0, 0.05) is 12.5 Å². The Morgan fingerprint density at radius 2 is 2.08 bits per heavy atom. The van der Waals surface area contributed by atoms with E-state index in [0.717, 1.165) is 17.4 Å². The van der Waals surface area contributed by atoms with Crippen LogP contribution in [0.15, 0.2) is 18.2 Å². The highest BCUT2D eigenvalue weighted by Crippen LogP contribution is 2.49. The Balaban J connectivity index is 2.07. The summed E-state index contributed by atoms with van der Waals surface area (Å²) >= 11 is 0. The van der Waals surface area contributed by atoms with Crippen molar-refractivity contribution < 1.29 is 9.47 Å². The molecule has 3 rings (SSSR count). The van der Waals surface area contributed by atoms with Gasteiger partial charge in [0.1, 0.15) is 0 Å². The maximum Gasteiger partial charge on any atom is 0.238 e. The highest BCUT2D eigenvalue weighted by atomic mass is 16.7. The van der Waals surface area contributed by atoms with E-state index in [1.807, 2.05) is 19.1 Å². The molecule has 1 aliphatic carbocycles. The highest BCUT2D eigenvalue weighted by molar-refractivity contribution is 5.51. The Kier molecular flexibility index (Phi) is 1.34. The molecule has 0 saturated heterocycles. The molecule has 0 bridgehead atoms. The molecule has 1 aromatic rings. The van der Waals surface area contributed by atoms with Gasteiger partial charge in [0.15, 0.2) is 11.5 Å². The zero-order valence-electron chi connectivity index (χ0n) is 7.62. The van der Waals surface area contributed by atoms with Crippen LogP contribution in [0, 0.1) is 0 Å². The second kappa shape index (κ2) is 2.41. The minimum Gasteiger partial charge on any atom is -0.451 e. The lowest BCUT2D eigenvalue weighted by Crippen LogP contribution is -2.11. The van der Waals surface area contributed by atoms with Crippen molar-refractivity contribution >= 4 is 0 Å². The van der Waals surface area contributed by atoms with Gasteiger partial charge in [-0.3, -0.25) is 0 Å². The van der Waals surface area contributed by atoms with Crippen LogP contribution >= 0.6 is 0 Å². The van der Waals surface area contributed by atoms with Crippen LogP contribution in [0.1, 0.15) is 31.2 Å². The first-order chi connectivity index (χ1) is 6.34. The fraction of sp³-hybridized carbons (Fsp3) is 0.455. The molecule has 2 heteroatoms. The summed E-state index contributed by atoms with van der Waals surface area (Å²) in [7, 11) is 0. The lowest BCUT2D eigenvalue weighted by Gasteiger charge is -2.03. The van der Waals surface area contributed by atoms with Crippen molar-refractivity contribution in [2.24, 2.45) is 0 Å². The second-order valence-electron chi connectivity index (χ2n) is 3.75. The lowest BCUT2D eigenvalue weighted by atomic mass is 10.1. The first kappa shape index (κ1) is 7.25. The molecule has 0 aromatic heterocycles. The number of hydrogen-bond acceptors (Lipinski definition) is 2. The molecule has 1 atom stereocenters. The van der Waals surface area contributed by atoms with Gasteiger partial charge < -0.3 is 9.47 Å². The average Bonchev–Trinajstić information content (AvgIpc) is 2.86. The van der Waals surface area contributed by atoms with E-state index >= 15 is 0 Å². The fourth-order valence-electron chi connectivity index (χ4n) is 1.84. The summed E-state index contributed by atoms with van der Waals surface area (Å²) < 4.78 is 11.1. The van der Waals surface area contributed by atoms with Gasteiger partial charge in [-0.05, 0) is 24.8 Å². The van der Waals surface area contributed by atoms with E-state index < -0.39 is 0 Å². The molecule has 0 N–H and O–H groups in total. The van der Waals surface area contributed by atoms with Crippen molar-refractivity contribution in [3.8, 4) is 11.5 Å². The molecule has 1 unspecified atom stereocenters. The average molecular weight is 176 g/mol. The van der Waals surface area contributed by atoms with E-state index in [1.54, 1.807) is 0 Å². The third-order valence-corrected chi connectivity index (χ3v) is 2.60. The van der Waals surface area contributed by atoms with Gasteiger partial charge in [-0.1, -0.05) is 12.1 Å². The first-order valence-corrected chi connectivity index (χ1v) is 4.81. The van der Waals surface area contributed by atoms with Crippen LogP contribution < -0.4 is 9.47 Å². The Morgan fingerprint density at radius 3 is 2.85 bits per heavy atom. The molecule has 0 amide bonds. The normalized spacial score (nSPS) is 24.8. The molecule has 1 aromatic carbocycles. The van der Waals surface area contributed by atoms with Crippen molar-refractivity contribution in [1.82, 2.24) is 0 Å². The fourth-order valence-corrected chi connectivity index (χ4v) is 1.84. The van der Waals surface area contributed by atoms with Crippen LogP contribution in [0.3, 0.4) is 0 Å². The van der Waals surface area contributed by atoms with Crippen molar-refractivity contribution in [3.63, 3.8) is 0 Å². The molecular weight excluding hydrogens is 164 g/mol. The summed E-state index contributed by atoms with van der Waals surface area (Å²) in [5.41, 5.74) is 1.34. The minimum atomic E-state index is -0.116. The van der Waals surface area contributed by atoms with Crippen molar-refractivity contribution in [2.45, 2.75) is 32.0 Å². The maximum atomic E-state index is 5.62. The van der Waals surface area contributed by atoms with Crippen LogP contribution in [-0.4, -0.2) is 6.29 Å². The summed E-state index contributed by atoms with van der Waals surface area (Å²) in [6, 6.07) is 6.18. The van der Waals surface area contributed by atoms with Gasteiger partial charge in [0.25, 0.3) is 0 Å². The Bertz CT molecular complexity index is 342. The highest BCUT2D eigenvalue weighted by Gasteiger charge is 2.31. The second-order valence-corrected chi connectivity index (χ2v) is 3.75. The van der Waals surface area contributed by atoms with E-state index in [1.165, 1.54) is 18.4 Å². The maximum absolute atomic E-state index is 5.62. The van der Waals surface area contributed by atoms with Crippen LogP contribution in [0.25, 0.3) is 0 Å². The number of para-hydroxylation sites is 1. The number of ether oxygens (including phenoxy) is 2. The number of hydrogen-bond donors (Lipinski definition) is 0. The van der Waals surface area contributed by atoms with Gasteiger partial charge in [-0.2, -0.15) is 0 Å². The van der Waals surface area contributed by atoms with Crippen LogP contribution in [0.4, 0.5) is 0 Å². The van der Waals surface area contributed by atoms with Crippen molar-refractivity contribution in [3.05, 3.63) is 23.8 Å². The molecule has 13 heavy (non-hydrogen) atoms. The monoisotopic (exact) mass is 176 g/mol. The molecule has 2 nitrogen and oxygen atoms in total. The molecule has 0 spiro atoms. The smallest absolute Gasteiger partial charge is 0.238 e. The van der Waals surface area contributed by atoms with E-state index in [-0.39, 0.29) is 6.29 Å². The molecule has 1 saturated carbocycles. The number of fused-ring (bicyclic) bond motifs is 1. The van der Waals surface area contributed by atoms with Gasteiger partial charge in [-0.15, -0.1) is 0 Å². The Hall–Kier alpha value is -1.18. The van der Waals surface area contributed by atoms with Gasteiger partial charge in [0.05, 0.1) is 0 Å². The topological polar surface area (TPSA) is 18.5 Å². The van der Waals surface area contributed by atoms with Crippen molar-refractivity contribution in [2.75, 3.05) is 0 Å². The molecule has 2 aliphatic rings. The van der Waals surface area contributed by atoms with E-state index in [0.29, 0.717) is 0 Å². The first-order valence-electron chi connectivity index (χ1n) is 4.81. The number of benzene rings is 1. The van der Waals surface area contributed by atoms with E-state index in [9.17, 15) is 0 Å². The van der Waals surface area contributed by atoms with Crippen LogP contribution in [0.2, 0.25) is 0 Å². The molecule has 1 fully saturated rings. The lowest BCUT2D eigenvalue weighted by molar-refractivity contribution is 0.0674. The largest absolute Gasteiger partial charge is 0.451 e.